The Morgan fingerprint density at radius 3 is 2.61 bits per heavy atom. The van der Waals surface area contributed by atoms with Crippen molar-refractivity contribution in [1.82, 2.24) is 5.32 Å². The van der Waals surface area contributed by atoms with E-state index in [0.29, 0.717) is 6.61 Å². The first-order valence-corrected chi connectivity index (χ1v) is 6.77. The minimum absolute atomic E-state index is 0.0250. The molecule has 0 saturated heterocycles. The van der Waals surface area contributed by atoms with Crippen LogP contribution in [0.3, 0.4) is 0 Å². The summed E-state index contributed by atoms with van der Waals surface area (Å²) < 4.78 is 6.59. The van der Waals surface area contributed by atoms with Crippen LogP contribution in [-0.4, -0.2) is 13.7 Å². The van der Waals surface area contributed by atoms with Crippen molar-refractivity contribution in [2.75, 3.05) is 13.7 Å². The fraction of sp³-hybridized carbons (Fsp3) is 0.467. The third-order valence-corrected chi connectivity index (χ3v) is 2.76. The molecule has 0 saturated carbocycles. The fourth-order valence-electron chi connectivity index (χ4n) is 1.39. The van der Waals surface area contributed by atoms with Gasteiger partial charge in [-0.3, -0.25) is 0 Å². The molecule has 0 aliphatic rings. The Morgan fingerprint density at radius 1 is 1.33 bits per heavy atom. The standard InChI is InChI=1S/C15H20BrNO/c1-15(2,3)8-5-9-18-14-7-6-12(11-17-4)10-13(14)16/h6-7,10,17H,9,11H2,1-4H3. The van der Waals surface area contributed by atoms with E-state index < -0.39 is 0 Å². The molecule has 0 aliphatic heterocycles. The van der Waals surface area contributed by atoms with Gasteiger partial charge in [-0.25, -0.2) is 0 Å². The number of hydrogen-bond donors (Lipinski definition) is 1. The molecule has 18 heavy (non-hydrogen) atoms. The second kappa shape index (κ2) is 6.82. The van der Waals surface area contributed by atoms with Crippen LogP contribution >= 0.6 is 15.9 Å². The second-order valence-corrected chi connectivity index (χ2v) is 5.99. The van der Waals surface area contributed by atoms with E-state index in [4.69, 9.17) is 4.74 Å². The Hall–Kier alpha value is -0.980. The summed E-state index contributed by atoms with van der Waals surface area (Å²) in [5.74, 6) is 7.01. The van der Waals surface area contributed by atoms with Gasteiger partial charge in [0, 0.05) is 12.0 Å². The molecule has 2 nitrogen and oxygen atoms in total. The SMILES string of the molecule is CNCc1ccc(OCC#CC(C)(C)C)c(Br)c1. The van der Waals surface area contributed by atoms with Crippen molar-refractivity contribution in [3.05, 3.63) is 28.2 Å². The number of rotatable bonds is 4. The topological polar surface area (TPSA) is 21.3 Å². The summed E-state index contributed by atoms with van der Waals surface area (Å²) >= 11 is 3.51. The van der Waals surface area contributed by atoms with Crippen molar-refractivity contribution in [1.29, 1.82) is 0 Å². The van der Waals surface area contributed by atoms with Gasteiger partial charge in [0.25, 0.3) is 0 Å². The Balaban J connectivity index is 2.60. The Morgan fingerprint density at radius 2 is 2.06 bits per heavy atom. The zero-order chi connectivity index (χ0) is 13.6. The molecule has 0 atom stereocenters. The molecule has 1 N–H and O–H groups in total. The second-order valence-electron chi connectivity index (χ2n) is 5.14. The fourth-order valence-corrected chi connectivity index (χ4v) is 1.93. The highest BCUT2D eigenvalue weighted by Gasteiger charge is 2.04. The van der Waals surface area contributed by atoms with Gasteiger partial charge >= 0.3 is 0 Å². The molecule has 0 amide bonds. The zero-order valence-corrected chi connectivity index (χ0v) is 13.0. The van der Waals surface area contributed by atoms with Crippen LogP contribution in [-0.2, 0) is 6.54 Å². The largest absolute Gasteiger partial charge is 0.480 e. The molecule has 0 aromatic heterocycles. The molecule has 98 valence electrons. The van der Waals surface area contributed by atoms with Gasteiger partial charge in [-0.05, 0) is 61.4 Å². The van der Waals surface area contributed by atoms with E-state index in [1.165, 1.54) is 5.56 Å². The quantitative estimate of drug-likeness (QED) is 0.858. The predicted octanol–water partition coefficient (Wildman–Crippen LogP) is 3.60. The normalized spacial score (nSPS) is 10.7. The van der Waals surface area contributed by atoms with Crippen LogP contribution in [0.15, 0.2) is 22.7 Å². The van der Waals surface area contributed by atoms with Gasteiger partial charge in [0.2, 0.25) is 0 Å². The first kappa shape index (κ1) is 15.1. The van der Waals surface area contributed by atoms with E-state index in [-0.39, 0.29) is 5.41 Å². The molecule has 0 heterocycles. The van der Waals surface area contributed by atoms with Crippen molar-refractivity contribution in [3.63, 3.8) is 0 Å². The lowest BCUT2D eigenvalue weighted by molar-refractivity contribution is 0.367. The first-order valence-electron chi connectivity index (χ1n) is 5.98. The van der Waals surface area contributed by atoms with Crippen molar-refractivity contribution < 1.29 is 4.74 Å². The molecule has 1 rings (SSSR count). The van der Waals surface area contributed by atoms with Gasteiger partial charge in [0.15, 0.2) is 0 Å². The van der Waals surface area contributed by atoms with Crippen LogP contribution in [0.5, 0.6) is 5.75 Å². The van der Waals surface area contributed by atoms with Gasteiger partial charge in [0.05, 0.1) is 4.47 Å². The molecule has 0 aliphatic carbocycles. The Bertz CT molecular complexity index is 452. The summed E-state index contributed by atoms with van der Waals surface area (Å²) in [5.41, 5.74) is 1.24. The molecule has 0 unspecified atom stereocenters. The summed E-state index contributed by atoms with van der Waals surface area (Å²) in [6.07, 6.45) is 0. The highest BCUT2D eigenvalue weighted by atomic mass is 79.9. The summed E-state index contributed by atoms with van der Waals surface area (Å²) in [4.78, 5) is 0. The number of ether oxygens (including phenoxy) is 1. The number of benzene rings is 1. The number of halogens is 1. The minimum Gasteiger partial charge on any atom is -0.480 e. The molecule has 1 aromatic rings. The molecule has 1 aromatic carbocycles. The Kier molecular flexibility index (Phi) is 5.71. The zero-order valence-electron chi connectivity index (χ0n) is 11.4. The van der Waals surface area contributed by atoms with Crippen molar-refractivity contribution in [2.24, 2.45) is 5.41 Å². The predicted molar refractivity (Wildman–Crippen MR) is 79.6 cm³/mol. The monoisotopic (exact) mass is 309 g/mol. The molecule has 0 bridgehead atoms. The average Bonchev–Trinajstić information content (AvgIpc) is 2.26. The molecular formula is C15H20BrNO. The van der Waals surface area contributed by atoms with Gasteiger partial charge < -0.3 is 10.1 Å². The van der Waals surface area contributed by atoms with E-state index in [1.807, 2.05) is 19.2 Å². The maximum absolute atomic E-state index is 5.62. The molecule has 0 spiro atoms. The van der Waals surface area contributed by atoms with Gasteiger partial charge in [0.1, 0.15) is 12.4 Å². The van der Waals surface area contributed by atoms with Gasteiger partial charge in [-0.2, -0.15) is 0 Å². The Labute approximate surface area is 118 Å². The first-order chi connectivity index (χ1) is 8.42. The molecular weight excluding hydrogens is 290 g/mol. The molecule has 3 heteroatoms. The average molecular weight is 310 g/mol. The summed E-state index contributed by atoms with van der Waals surface area (Å²) in [7, 11) is 1.93. The molecule has 0 fully saturated rings. The van der Waals surface area contributed by atoms with Crippen LogP contribution < -0.4 is 10.1 Å². The number of hydrogen-bond acceptors (Lipinski definition) is 2. The summed E-state index contributed by atoms with van der Waals surface area (Å²) in [6, 6.07) is 6.08. The summed E-state index contributed by atoms with van der Waals surface area (Å²) in [6.45, 7) is 7.53. The van der Waals surface area contributed by atoms with E-state index >= 15 is 0 Å². The van der Waals surface area contributed by atoms with Crippen LogP contribution in [0.4, 0.5) is 0 Å². The van der Waals surface area contributed by atoms with Crippen LogP contribution in [0.25, 0.3) is 0 Å². The lowest BCUT2D eigenvalue weighted by Crippen LogP contribution is -2.05. The maximum Gasteiger partial charge on any atom is 0.149 e. The lowest BCUT2D eigenvalue weighted by Gasteiger charge is -2.09. The van der Waals surface area contributed by atoms with Gasteiger partial charge in [-0.15, -0.1) is 0 Å². The van der Waals surface area contributed by atoms with Crippen LogP contribution in [0.2, 0.25) is 0 Å². The lowest BCUT2D eigenvalue weighted by atomic mass is 9.98. The highest BCUT2D eigenvalue weighted by molar-refractivity contribution is 9.10. The van der Waals surface area contributed by atoms with Crippen molar-refractivity contribution >= 4 is 15.9 Å². The van der Waals surface area contributed by atoms with E-state index in [2.05, 4.69) is 59.9 Å². The molecule has 0 radical (unpaired) electrons. The van der Waals surface area contributed by atoms with E-state index in [9.17, 15) is 0 Å². The number of nitrogens with one attached hydrogen (secondary N) is 1. The van der Waals surface area contributed by atoms with E-state index in [1.54, 1.807) is 0 Å². The third-order valence-electron chi connectivity index (χ3n) is 2.14. The smallest absolute Gasteiger partial charge is 0.149 e. The van der Waals surface area contributed by atoms with Crippen LogP contribution in [0.1, 0.15) is 26.3 Å². The third kappa shape index (κ3) is 5.57. The van der Waals surface area contributed by atoms with Gasteiger partial charge in [-0.1, -0.05) is 17.9 Å². The minimum atomic E-state index is 0.0250. The van der Waals surface area contributed by atoms with Crippen molar-refractivity contribution in [3.8, 4) is 17.6 Å². The van der Waals surface area contributed by atoms with Crippen molar-refractivity contribution in [2.45, 2.75) is 27.3 Å². The highest BCUT2D eigenvalue weighted by Crippen LogP contribution is 2.25. The van der Waals surface area contributed by atoms with E-state index in [0.717, 1.165) is 16.8 Å². The maximum atomic E-state index is 5.62. The summed E-state index contributed by atoms with van der Waals surface area (Å²) in [5, 5.41) is 3.12. The van der Waals surface area contributed by atoms with Crippen LogP contribution in [0, 0.1) is 17.3 Å².